The Balaban J connectivity index is 1.82. The van der Waals surface area contributed by atoms with Crippen LogP contribution in [0.3, 0.4) is 0 Å². The van der Waals surface area contributed by atoms with E-state index in [0.717, 1.165) is 11.1 Å². The standard InChI is InChI=1S/C24H20N2O2/c1-16(2)18-11-9-17(10-12-18)14-20(23(27)19-6-5-13-25-15-19)24-26-21-7-3-4-8-22(21)28-24/h3-16H,1-2H3. The summed E-state index contributed by atoms with van der Waals surface area (Å²) in [5.74, 6) is 0.585. The third kappa shape index (κ3) is 3.62. The molecule has 4 aromatic rings. The molecule has 0 spiro atoms. The largest absolute Gasteiger partial charge is 0.436 e. The molecule has 0 atom stereocenters. The lowest BCUT2D eigenvalue weighted by Gasteiger charge is -2.06. The zero-order chi connectivity index (χ0) is 19.5. The first kappa shape index (κ1) is 17.9. The lowest BCUT2D eigenvalue weighted by atomic mass is 9.99. The van der Waals surface area contributed by atoms with Crippen molar-refractivity contribution >= 4 is 28.5 Å². The molecule has 4 heteroatoms. The minimum Gasteiger partial charge on any atom is -0.436 e. The molecule has 0 N–H and O–H groups in total. The second kappa shape index (κ2) is 7.61. The van der Waals surface area contributed by atoms with Crippen LogP contribution in [0.5, 0.6) is 0 Å². The van der Waals surface area contributed by atoms with Crippen molar-refractivity contribution in [3.63, 3.8) is 0 Å². The van der Waals surface area contributed by atoms with Gasteiger partial charge in [-0.3, -0.25) is 9.78 Å². The molecule has 4 nitrogen and oxygen atoms in total. The first-order chi connectivity index (χ1) is 13.6. The zero-order valence-electron chi connectivity index (χ0n) is 15.8. The van der Waals surface area contributed by atoms with E-state index in [1.807, 2.05) is 42.5 Å². The van der Waals surface area contributed by atoms with Crippen LogP contribution in [0.4, 0.5) is 0 Å². The summed E-state index contributed by atoms with van der Waals surface area (Å²) >= 11 is 0. The molecule has 2 aromatic carbocycles. The van der Waals surface area contributed by atoms with Gasteiger partial charge in [0.15, 0.2) is 11.4 Å². The lowest BCUT2D eigenvalue weighted by Crippen LogP contribution is -2.03. The number of oxazole rings is 1. The number of hydrogen-bond donors (Lipinski definition) is 0. The molecule has 0 aliphatic heterocycles. The van der Waals surface area contributed by atoms with Crippen molar-refractivity contribution in [2.45, 2.75) is 19.8 Å². The average Bonchev–Trinajstić information content (AvgIpc) is 3.16. The number of rotatable bonds is 5. The minimum atomic E-state index is -0.174. The van der Waals surface area contributed by atoms with Gasteiger partial charge in [0.1, 0.15) is 5.52 Å². The van der Waals surface area contributed by atoms with E-state index in [1.54, 1.807) is 24.5 Å². The molecule has 4 rings (SSSR count). The van der Waals surface area contributed by atoms with Gasteiger partial charge in [0.2, 0.25) is 5.89 Å². The van der Waals surface area contributed by atoms with Crippen molar-refractivity contribution in [3.8, 4) is 0 Å². The number of benzene rings is 2. The summed E-state index contributed by atoms with van der Waals surface area (Å²) < 4.78 is 5.89. The van der Waals surface area contributed by atoms with Crippen molar-refractivity contribution in [1.29, 1.82) is 0 Å². The number of allylic oxidation sites excluding steroid dienone is 1. The van der Waals surface area contributed by atoms with Crippen LogP contribution in [0.1, 0.15) is 47.1 Å². The SMILES string of the molecule is CC(C)c1ccc(C=C(C(=O)c2cccnc2)c2nc3ccccc3o2)cc1. The normalized spacial score (nSPS) is 11.9. The van der Waals surface area contributed by atoms with Gasteiger partial charge in [-0.1, -0.05) is 50.2 Å². The van der Waals surface area contributed by atoms with Crippen LogP contribution >= 0.6 is 0 Å². The number of ketones is 1. The topological polar surface area (TPSA) is 56.0 Å². The van der Waals surface area contributed by atoms with Crippen LogP contribution < -0.4 is 0 Å². The number of carbonyl (C=O) groups excluding carboxylic acids is 1. The Morgan fingerprint density at radius 3 is 2.46 bits per heavy atom. The van der Waals surface area contributed by atoms with E-state index in [4.69, 9.17) is 4.42 Å². The quantitative estimate of drug-likeness (QED) is 0.331. The van der Waals surface area contributed by atoms with Gasteiger partial charge >= 0.3 is 0 Å². The molecule has 0 saturated carbocycles. The highest BCUT2D eigenvalue weighted by molar-refractivity contribution is 6.31. The Morgan fingerprint density at radius 2 is 1.79 bits per heavy atom. The maximum absolute atomic E-state index is 13.2. The minimum absolute atomic E-state index is 0.174. The fourth-order valence-corrected chi connectivity index (χ4v) is 3.01. The van der Waals surface area contributed by atoms with Gasteiger partial charge in [-0.05, 0) is 47.4 Å². The second-order valence-electron chi connectivity index (χ2n) is 6.94. The van der Waals surface area contributed by atoms with Gasteiger partial charge in [-0.15, -0.1) is 0 Å². The van der Waals surface area contributed by atoms with Gasteiger partial charge in [-0.2, -0.15) is 0 Å². The fourth-order valence-electron chi connectivity index (χ4n) is 3.01. The Bertz CT molecular complexity index is 1110. The Morgan fingerprint density at radius 1 is 1.00 bits per heavy atom. The molecule has 2 aromatic heterocycles. The predicted molar refractivity (Wildman–Crippen MR) is 111 cm³/mol. The summed E-state index contributed by atoms with van der Waals surface area (Å²) in [5, 5.41) is 0. The molecule has 138 valence electrons. The maximum Gasteiger partial charge on any atom is 0.231 e. The molecule has 0 fully saturated rings. The molecule has 0 aliphatic carbocycles. The van der Waals surface area contributed by atoms with Gasteiger partial charge in [0.05, 0.1) is 5.57 Å². The monoisotopic (exact) mass is 368 g/mol. The summed E-state index contributed by atoms with van der Waals surface area (Å²) in [6.45, 7) is 4.31. The second-order valence-corrected chi connectivity index (χ2v) is 6.94. The van der Waals surface area contributed by atoms with E-state index in [9.17, 15) is 4.79 Å². The van der Waals surface area contributed by atoms with Crippen LogP contribution in [0.25, 0.3) is 22.7 Å². The molecule has 0 amide bonds. The number of fused-ring (bicyclic) bond motifs is 1. The zero-order valence-corrected chi connectivity index (χ0v) is 15.8. The van der Waals surface area contributed by atoms with Crippen molar-refractivity contribution in [2.75, 3.05) is 0 Å². The van der Waals surface area contributed by atoms with Crippen LogP contribution in [0.15, 0.2) is 77.5 Å². The number of para-hydroxylation sites is 2. The average molecular weight is 368 g/mol. The summed E-state index contributed by atoms with van der Waals surface area (Å²) in [6, 6.07) is 19.1. The van der Waals surface area contributed by atoms with Crippen molar-refractivity contribution in [1.82, 2.24) is 9.97 Å². The number of Topliss-reactive ketones (excluding diaryl/α,β-unsaturated/α-hetero) is 1. The van der Waals surface area contributed by atoms with Crippen molar-refractivity contribution < 1.29 is 9.21 Å². The molecule has 28 heavy (non-hydrogen) atoms. The van der Waals surface area contributed by atoms with E-state index < -0.39 is 0 Å². The van der Waals surface area contributed by atoms with Gasteiger partial charge in [-0.25, -0.2) is 4.98 Å². The third-order valence-corrected chi connectivity index (χ3v) is 4.61. The third-order valence-electron chi connectivity index (χ3n) is 4.61. The van der Waals surface area contributed by atoms with E-state index in [0.29, 0.717) is 28.5 Å². The van der Waals surface area contributed by atoms with E-state index in [-0.39, 0.29) is 5.78 Å². The first-order valence-electron chi connectivity index (χ1n) is 9.24. The van der Waals surface area contributed by atoms with Crippen molar-refractivity contribution in [2.24, 2.45) is 0 Å². The van der Waals surface area contributed by atoms with Crippen LogP contribution in [-0.2, 0) is 0 Å². The molecule has 0 radical (unpaired) electrons. The molecule has 0 saturated heterocycles. The molecule has 0 aliphatic rings. The number of carbonyl (C=O) groups is 1. The highest BCUT2D eigenvalue weighted by Crippen LogP contribution is 2.26. The fraction of sp³-hybridized carbons (Fsp3) is 0.125. The van der Waals surface area contributed by atoms with Gasteiger partial charge < -0.3 is 4.42 Å². The number of pyridine rings is 1. The Labute approximate surface area is 163 Å². The summed E-state index contributed by atoms with van der Waals surface area (Å²) in [7, 11) is 0. The summed E-state index contributed by atoms with van der Waals surface area (Å²) in [4.78, 5) is 21.8. The van der Waals surface area contributed by atoms with Crippen LogP contribution in [0, 0.1) is 0 Å². The first-order valence-corrected chi connectivity index (χ1v) is 9.24. The van der Waals surface area contributed by atoms with Crippen molar-refractivity contribution in [3.05, 3.63) is 95.6 Å². The molecular weight excluding hydrogens is 348 g/mol. The Kier molecular flexibility index (Phi) is 4.85. The molecule has 2 heterocycles. The van der Waals surface area contributed by atoms with E-state index in [2.05, 4.69) is 35.9 Å². The Hall–Kier alpha value is -3.53. The van der Waals surface area contributed by atoms with E-state index >= 15 is 0 Å². The number of aromatic nitrogens is 2. The molecular formula is C24H20N2O2. The number of nitrogens with zero attached hydrogens (tertiary/aromatic N) is 2. The molecule has 0 bridgehead atoms. The van der Waals surface area contributed by atoms with Gasteiger partial charge in [0, 0.05) is 18.0 Å². The number of hydrogen-bond acceptors (Lipinski definition) is 4. The maximum atomic E-state index is 13.2. The lowest BCUT2D eigenvalue weighted by molar-refractivity contribution is 0.105. The predicted octanol–water partition coefficient (Wildman–Crippen LogP) is 5.77. The van der Waals surface area contributed by atoms with E-state index in [1.165, 1.54) is 5.56 Å². The van der Waals surface area contributed by atoms with Crippen LogP contribution in [0.2, 0.25) is 0 Å². The van der Waals surface area contributed by atoms with Crippen LogP contribution in [-0.4, -0.2) is 15.8 Å². The van der Waals surface area contributed by atoms with Gasteiger partial charge in [0.25, 0.3) is 0 Å². The smallest absolute Gasteiger partial charge is 0.231 e. The summed E-state index contributed by atoms with van der Waals surface area (Å²) in [5.41, 5.74) is 4.43. The highest BCUT2D eigenvalue weighted by Gasteiger charge is 2.20. The molecule has 0 unspecified atom stereocenters. The highest BCUT2D eigenvalue weighted by atomic mass is 16.3. The summed E-state index contributed by atoms with van der Waals surface area (Å²) in [6.07, 6.45) is 5.02.